The van der Waals surface area contributed by atoms with Crippen molar-refractivity contribution in [1.29, 1.82) is 0 Å². The van der Waals surface area contributed by atoms with Gasteiger partial charge < -0.3 is 4.42 Å². The maximum absolute atomic E-state index is 5.44. The van der Waals surface area contributed by atoms with Gasteiger partial charge in [-0.1, -0.05) is 6.92 Å². The molecular weight excluding hydrogens is 272 g/mol. The minimum absolute atomic E-state index is 0.519. The summed E-state index contributed by atoms with van der Waals surface area (Å²) in [5.41, 5.74) is 2.03. The lowest BCUT2D eigenvalue weighted by Crippen LogP contribution is -2.04. The summed E-state index contributed by atoms with van der Waals surface area (Å²) in [4.78, 5) is 0. The van der Waals surface area contributed by atoms with Gasteiger partial charge in [0.05, 0.1) is 15.9 Å². The molecule has 0 aliphatic carbocycles. The van der Waals surface area contributed by atoms with Gasteiger partial charge in [0.1, 0.15) is 6.54 Å². The van der Waals surface area contributed by atoms with Gasteiger partial charge in [-0.25, -0.2) is 0 Å². The molecule has 16 heavy (non-hydrogen) atoms. The molecule has 0 bridgehead atoms. The van der Waals surface area contributed by atoms with E-state index in [0.717, 1.165) is 22.3 Å². The van der Waals surface area contributed by atoms with E-state index in [1.807, 2.05) is 25.5 Å². The van der Waals surface area contributed by atoms with E-state index < -0.39 is 0 Å². The van der Waals surface area contributed by atoms with Crippen LogP contribution >= 0.6 is 15.9 Å². The molecule has 0 saturated heterocycles. The van der Waals surface area contributed by atoms with Gasteiger partial charge in [0.15, 0.2) is 0 Å². The van der Waals surface area contributed by atoms with E-state index in [1.165, 1.54) is 0 Å². The fourth-order valence-corrected chi connectivity index (χ4v) is 1.74. The lowest BCUT2D eigenvalue weighted by atomic mass is 10.4. The van der Waals surface area contributed by atoms with Crippen LogP contribution in [0.2, 0.25) is 0 Å². The first kappa shape index (κ1) is 11.3. The summed E-state index contributed by atoms with van der Waals surface area (Å²) in [7, 11) is 0. The highest BCUT2D eigenvalue weighted by Crippen LogP contribution is 2.20. The number of rotatable bonds is 3. The van der Waals surface area contributed by atoms with Gasteiger partial charge in [-0.2, -0.15) is 5.10 Å². The minimum atomic E-state index is 0.519. The SMILES string of the molecule is CCc1nnc(Cn2nc(C)c(Br)c2C)o1. The van der Waals surface area contributed by atoms with Crippen molar-refractivity contribution in [3.05, 3.63) is 27.6 Å². The van der Waals surface area contributed by atoms with Gasteiger partial charge in [-0.15, -0.1) is 10.2 Å². The zero-order valence-electron chi connectivity index (χ0n) is 9.49. The molecular formula is C10H13BrN4O. The Morgan fingerprint density at radius 2 is 1.94 bits per heavy atom. The molecule has 0 aliphatic heterocycles. The molecule has 0 atom stereocenters. The number of halogens is 1. The quantitative estimate of drug-likeness (QED) is 0.868. The van der Waals surface area contributed by atoms with Crippen LogP contribution in [0.5, 0.6) is 0 Å². The number of aryl methyl sites for hydroxylation is 2. The molecule has 86 valence electrons. The van der Waals surface area contributed by atoms with Crippen LogP contribution in [0.3, 0.4) is 0 Å². The van der Waals surface area contributed by atoms with Crippen molar-refractivity contribution >= 4 is 15.9 Å². The Balaban J connectivity index is 2.23. The second-order valence-corrected chi connectivity index (χ2v) is 4.38. The maximum atomic E-state index is 5.44. The van der Waals surface area contributed by atoms with E-state index in [-0.39, 0.29) is 0 Å². The van der Waals surface area contributed by atoms with Gasteiger partial charge in [0.2, 0.25) is 11.8 Å². The van der Waals surface area contributed by atoms with E-state index in [4.69, 9.17) is 4.42 Å². The zero-order valence-corrected chi connectivity index (χ0v) is 11.1. The number of aromatic nitrogens is 4. The summed E-state index contributed by atoms with van der Waals surface area (Å²) in [5, 5.41) is 12.3. The monoisotopic (exact) mass is 284 g/mol. The number of hydrogen-bond acceptors (Lipinski definition) is 4. The van der Waals surface area contributed by atoms with Gasteiger partial charge in [-0.3, -0.25) is 4.68 Å². The predicted octanol–water partition coefficient (Wildman–Crippen LogP) is 2.26. The fraction of sp³-hybridized carbons (Fsp3) is 0.500. The summed E-state index contributed by atoms with van der Waals surface area (Å²) in [6.45, 7) is 6.46. The van der Waals surface area contributed by atoms with E-state index >= 15 is 0 Å². The molecule has 5 nitrogen and oxygen atoms in total. The molecule has 2 aromatic heterocycles. The van der Waals surface area contributed by atoms with Gasteiger partial charge in [-0.05, 0) is 29.8 Å². The zero-order chi connectivity index (χ0) is 11.7. The molecule has 0 N–H and O–H groups in total. The Labute approximate surface area is 102 Å². The Bertz CT molecular complexity index is 503. The summed E-state index contributed by atoms with van der Waals surface area (Å²) in [6.07, 6.45) is 0.758. The molecule has 6 heteroatoms. The highest BCUT2D eigenvalue weighted by atomic mass is 79.9. The molecule has 0 fully saturated rings. The Kier molecular flexibility index (Phi) is 3.09. The van der Waals surface area contributed by atoms with Crippen LogP contribution < -0.4 is 0 Å². The summed E-state index contributed by atoms with van der Waals surface area (Å²) < 4.78 is 8.33. The standard InChI is InChI=1S/C10H13BrN4O/c1-4-8-12-13-9(16-8)5-15-7(3)10(11)6(2)14-15/h4-5H2,1-3H3. The molecule has 0 aromatic carbocycles. The topological polar surface area (TPSA) is 56.7 Å². The second-order valence-electron chi connectivity index (χ2n) is 3.59. The molecule has 0 spiro atoms. The molecule has 0 amide bonds. The highest BCUT2D eigenvalue weighted by Gasteiger charge is 2.11. The molecule has 0 aliphatic rings. The van der Waals surface area contributed by atoms with Crippen molar-refractivity contribution in [3.8, 4) is 0 Å². The Morgan fingerprint density at radius 3 is 2.44 bits per heavy atom. The molecule has 0 radical (unpaired) electrons. The third-order valence-electron chi connectivity index (χ3n) is 2.39. The van der Waals surface area contributed by atoms with Crippen LogP contribution in [0.25, 0.3) is 0 Å². The number of hydrogen-bond donors (Lipinski definition) is 0. The van der Waals surface area contributed by atoms with E-state index in [2.05, 4.69) is 31.2 Å². The second kappa shape index (κ2) is 4.37. The first-order valence-electron chi connectivity index (χ1n) is 5.12. The molecule has 0 saturated carbocycles. The fourth-order valence-electron chi connectivity index (χ4n) is 1.45. The Morgan fingerprint density at radius 1 is 1.25 bits per heavy atom. The van der Waals surface area contributed by atoms with Crippen molar-refractivity contribution in [2.45, 2.75) is 33.7 Å². The van der Waals surface area contributed by atoms with E-state index in [1.54, 1.807) is 0 Å². The van der Waals surface area contributed by atoms with E-state index in [0.29, 0.717) is 18.3 Å². The third-order valence-corrected chi connectivity index (χ3v) is 3.54. The van der Waals surface area contributed by atoms with Gasteiger partial charge in [0, 0.05) is 6.42 Å². The molecule has 0 unspecified atom stereocenters. The molecule has 2 heterocycles. The van der Waals surface area contributed by atoms with Crippen LogP contribution in [0.15, 0.2) is 8.89 Å². The van der Waals surface area contributed by atoms with Crippen LogP contribution in [0.4, 0.5) is 0 Å². The molecule has 2 aromatic rings. The van der Waals surface area contributed by atoms with Crippen molar-refractivity contribution in [2.75, 3.05) is 0 Å². The summed E-state index contributed by atoms with van der Waals surface area (Å²) >= 11 is 3.48. The predicted molar refractivity (Wildman–Crippen MR) is 62.2 cm³/mol. The Hall–Kier alpha value is -1.17. The van der Waals surface area contributed by atoms with Crippen molar-refractivity contribution < 1.29 is 4.42 Å². The van der Waals surface area contributed by atoms with Gasteiger partial charge >= 0.3 is 0 Å². The van der Waals surface area contributed by atoms with Crippen LogP contribution in [0, 0.1) is 13.8 Å². The average Bonchev–Trinajstić information content (AvgIpc) is 2.81. The summed E-state index contributed by atoms with van der Waals surface area (Å²) in [6, 6.07) is 0. The van der Waals surface area contributed by atoms with Crippen molar-refractivity contribution in [2.24, 2.45) is 0 Å². The summed E-state index contributed by atoms with van der Waals surface area (Å²) in [5.74, 6) is 1.26. The number of nitrogens with zero attached hydrogens (tertiary/aromatic N) is 4. The third kappa shape index (κ3) is 2.02. The maximum Gasteiger partial charge on any atom is 0.237 e. The van der Waals surface area contributed by atoms with E-state index in [9.17, 15) is 0 Å². The lowest BCUT2D eigenvalue weighted by molar-refractivity contribution is 0.430. The van der Waals surface area contributed by atoms with Crippen molar-refractivity contribution in [1.82, 2.24) is 20.0 Å². The first-order valence-corrected chi connectivity index (χ1v) is 5.92. The largest absolute Gasteiger partial charge is 0.423 e. The van der Waals surface area contributed by atoms with Gasteiger partial charge in [0.25, 0.3) is 0 Å². The lowest BCUT2D eigenvalue weighted by Gasteiger charge is -1.99. The minimum Gasteiger partial charge on any atom is -0.423 e. The average molecular weight is 285 g/mol. The van der Waals surface area contributed by atoms with Crippen LogP contribution in [-0.2, 0) is 13.0 Å². The smallest absolute Gasteiger partial charge is 0.237 e. The van der Waals surface area contributed by atoms with Crippen LogP contribution in [0.1, 0.15) is 30.1 Å². The van der Waals surface area contributed by atoms with Crippen molar-refractivity contribution in [3.63, 3.8) is 0 Å². The normalized spacial score (nSPS) is 11.0. The highest BCUT2D eigenvalue weighted by molar-refractivity contribution is 9.10. The molecule has 2 rings (SSSR count). The van der Waals surface area contributed by atoms with Crippen LogP contribution in [-0.4, -0.2) is 20.0 Å². The first-order chi connectivity index (χ1) is 7.61.